The lowest BCUT2D eigenvalue weighted by Gasteiger charge is -2.36. The van der Waals surface area contributed by atoms with Gasteiger partial charge in [-0.2, -0.15) is 0 Å². The van der Waals surface area contributed by atoms with Gasteiger partial charge in [0.15, 0.2) is 0 Å². The molecule has 0 radical (unpaired) electrons. The van der Waals surface area contributed by atoms with E-state index in [0.29, 0.717) is 51.7 Å². The molecule has 2 aliphatic rings. The molecule has 1 N–H and O–H groups in total. The van der Waals surface area contributed by atoms with Crippen LogP contribution in [0.25, 0.3) is 0 Å². The summed E-state index contributed by atoms with van der Waals surface area (Å²) in [5.41, 5.74) is 0. The number of benzene rings is 1. The molecule has 1 aromatic rings. The van der Waals surface area contributed by atoms with Gasteiger partial charge in [0.25, 0.3) is 0 Å². The number of para-hydroxylation sites is 1. The number of carbonyl (C=O) groups excluding carboxylic acids is 2. The van der Waals surface area contributed by atoms with Gasteiger partial charge in [-0.3, -0.25) is 4.79 Å². The third-order valence-corrected chi connectivity index (χ3v) is 5.40. The Bertz CT molecular complexity index is 594. The number of nitrogens with zero attached hydrogens (tertiary/aromatic N) is 2. The molecular formula is C21H31N3O3. The van der Waals surface area contributed by atoms with E-state index in [1.165, 1.54) is 19.3 Å². The van der Waals surface area contributed by atoms with Gasteiger partial charge in [0, 0.05) is 38.6 Å². The van der Waals surface area contributed by atoms with Crippen LogP contribution in [0, 0.1) is 0 Å². The Kier molecular flexibility index (Phi) is 7.36. The van der Waals surface area contributed by atoms with E-state index in [-0.39, 0.29) is 11.9 Å². The summed E-state index contributed by atoms with van der Waals surface area (Å²) >= 11 is 0. The fourth-order valence-corrected chi connectivity index (χ4v) is 3.76. The van der Waals surface area contributed by atoms with Crippen molar-refractivity contribution in [3.63, 3.8) is 0 Å². The third-order valence-electron chi connectivity index (χ3n) is 5.40. The Balaban J connectivity index is 1.31. The van der Waals surface area contributed by atoms with Crippen molar-refractivity contribution in [2.75, 3.05) is 32.8 Å². The molecule has 1 aromatic carbocycles. The van der Waals surface area contributed by atoms with E-state index in [4.69, 9.17) is 4.74 Å². The van der Waals surface area contributed by atoms with E-state index < -0.39 is 0 Å². The van der Waals surface area contributed by atoms with Crippen molar-refractivity contribution in [2.24, 2.45) is 0 Å². The number of hydrogen-bond acceptors (Lipinski definition) is 3. The van der Waals surface area contributed by atoms with Gasteiger partial charge in [0.05, 0.1) is 6.61 Å². The summed E-state index contributed by atoms with van der Waals surface area (Å²) in [6.07, 6.45) is 7.08. The van der Waals surface area contributed by atoms with Crippen LogP contribution < -0.4 is 10.1 Å². The first kappa shape index (κ1) is 19.5. The van der Waals surface area contributed by atoms with Crippen LogP contribution in [0.15, 0.2) is 30.3 Å². The predicted octanol–water partition coefficient (Wildman–Crippen LogP) is 3.03. The lowest BCUT2D eigenvalue weighted by atomic mass is 9.96. The molecule has 2 fully saturated rings. The smallest absolute Gasteiger partial charge is 0.317 e. The average Bonchev–Trinajstić information content (AvgIpc) is 2.72. The number of nitrogens with one attached hydrogen (secondary N) is 1. The Hall–Kier alpha value is -2.24. The van der Waals surface area contributed by atoms with Gasteiger partial charge < -0.3 is 19.9 Å². The fraction of sp³-hybridized carbons (Fsp3) is 0.619. The molecule has 1 saturated carbocycles. The largest absolute Gasteiger partial charge is 0.494 e. The van der Waals surface area contributed by atoms with Gasteiger partial charge in [0.2, 0.25) is 5.91 Å². The highest BCUT2D eigenvalue weighted by Crippen LogP contribution is 2.18. The van der Waals surface area contributed by atoms with Crippen molar-refractivity contribution in [1.82, 2.24) is 15.1 Å². The maximum atomic E-state index is 12.4. The highest BCUT2D eigenvalue weighted by Gasteiger charge is 2.25. The molecular weight excluding hydrogens is 342 g/mol. The van der Waals surface area contributed by atoms with E-state index in [1.807, 2.05) is 40.1 Å². The second-order valence-corrected chi connectivity index (χ2v) is 7.42. The Morgan fingerprint density at radius 2 is 1.63 bits per heavy atom. The molecule has 0 spiro atoms. The zero-order valence-electron chi connectivity index (χ0n) is 16.1. The van der Waals surface area contributed by atoms with E-state index in [2.05, 4.69) is 5.32 Å². The van der Waals surface area contributed by atoms with Crippen LogP contribution in [0.3, 0.4) is 0 Å². The van der Waals surface area contributed by atoms with E-state index in [0.717, 1.165) is 18.6 Å². The van der Waals surface area contributed by atoms with Gasteiger partial charge in [-0.1, -0.05) is 37.5 Å². The highest BCUT2D eigenvalue weighted by molar-refractivity contribution is 5.77. The van der Waals surface area contributed by atoms with Crippen LogP contribution in [0.5, 0.6) is 5.75 Å². The van der Waals surface area contributed by atoms with E-state index in [9.17, 15) is 9.59 Å². The number of urea groups is 1. The van der Waals surface area contributed by atoms with Gasteiger partial charge in [0.1, 0.15) is 5.75 Å². The van der Waals surface area contributed by atoms with Crippen molar-refractivity contribution in [2.45, 2.75) is 51.0 Å². The summed E-state index contributed by atoms with van der Waals surface area (Å²) in [4.78, 5) is 28.4. The monoisotopic (exact) mass is 373 g/mol. The molecule has 1 saturated heterocycles. The molecule has 1 aliphatic carbocycles. The van der Waals surface area contributed by atoms with Crippen LogP contribution in [0.2, 0.25) is 0 Å². The molecule has 1 heterocycles. The van der Waals surface area contributed by atoms with Crippen molar-refractivity contribution in [1.29, 1.82) is 0 Å². The first-order chi connectivity index (χ1) is 13.2. The Morgan fingerprint density at radius 3 is 2.33 bits per heavy atom. The molecule has 3 rings (SSSR count). The zero-order chi connectivity index (χ0) is 18.9. The summed E-state index contributed by atoms with van der Waals surface area (Å²) in [6, 6.07) is 10.0. The van der Waals surface area contributed by atoms with Crippen molar-refractivity contribution in [3.05, 3.63) is 30.3 Å². The van der Waals surface area contributed by atoms with Crippen molar-refractivity contribution in [3.8, 4) is 5.75 Å². The molecule has 3 amide bonds. The van der Waals surface area contributed by atoms with Gasteiger partial charge in [-0.15, -0.1) is 0 Å². The molecule has 6 heteroatoms. The van der Waals surface area contributed by atoms with E-state index in [1.54, 1.807) is 0 Å². The quantitative estimate of drug-likeness (QED) is 0.780. The second-order valence-electron chi connectivity index (χ2n) is 7.42. The number of piperazine rings is 1. The molecule has 0 bridgehead atoms. The van der Waals surface area contributed by atoms with Crippen LogP contribution in [-0.2, 0) is 4.79 Å². The average molecular weight is 373 g/mol. The minimum absolute atomic E-state index is 0.0326. The summed E-state index contributed by atoms with van der Waals surface area (Å²) in [5, 5.41) is 3.16. The summed E-state index contributed by atoms with van der Waals surface area (Å²) in [7, 11) is 0. The first-order valence-electron chi connectivity index (χ1n) is 10.2. The standard InChI is InChI=1S/C21H31N3O3/c25-20(12-7-17-27-19-10-5-2-6-11-19)23-13-15-24(16-14-23)21(26)22-18-8-3-1-4-9-18/h2,5-6,10-11,18H,1,3-4,7-9,12-17H2,(H,22,26). The Labute approximate surface area is 161 Å². The summed E-state index contributed by atoms with van der Waals surface area (Å²) in [6.45, 7) is 3.02. The lowest BCUT2D eigenvalue weighted by molar-refractivity contribution is -0.132. The molecule has 0 atom stereocenters. The molecule has 6 nitrogen and oxygen atoms in total. The topological polar surface area (TPSA) is 61.9 Å². The van der Waals surface area contributed by atoms with Crippen LogP contribution in [-0.4, -0.2) is 60.6 Å². The minimum atomic E-state index is 0.0326. The number of carbonyl (C=O) groups is 2. The SMILES string of the molecule is O=C(CCCOc1ccccc1)N1CCN(C(=O)NC2CCCCC2)CC1. The summed E-state index contributed by atoms with van der Waals surface area (Å²) in [5.74, 6) is 0.988. The van der Waals surface area contributed by atoms with Gasteiger partial charge in [-0.25, -0.2) is 4.79 Å². The van der Waals surface area contributed by atoms with Crippen molar-refractivity contribution < 1.29 is 14.3 Å². The molecule has 27 heavy (non-hydrogen) atoms. The molecule has 0 unspecified atom stereocenters. The minimum Gasteiger partial charge on any atom is -0.494 e. The Morgan fingerprint density at radius 1 is 0.963 bits per heavy atom. The number of rotatable bonds is 6. The number of ether oxygens (including phenoxy) is 1. The van der Waals surface area contributed by atoms with Crippen molar-refractivity contribution >= 4 is 11.9 Å². The number of amides is 3. The third kappa shape index (κ3) is 6.15. The second kappa shape index (κ2) is 10.2. The highest BCUT2D eigenvalue weighted by atomic mass is 16.5. The van der Waals surface area contributed by atoms with Gasteiger partial charge >= 0.3 is 6.03 Å². The molecule has 1 aliphatic heterocycles. The first-order valence-corrected chi connectivity index (χ1v) is 10.2. The maximum absolute atomic E-state index is 12.4. The normalized spacial score (nSPS) is 18.2. The van der Waals surface area contributed by atoms with Crippen LogP contribution >= 0.6 is 0 Å². The van der Waals surface area contributed by atoms with E-state index >= 15 is 0 Å². The van der Waals surface area contributed by atoms with Crippen LogP contribution in [0.4, 0.5) is 4.79 Å². The lowest BCUT2D eigenvalue weighted by Crippen LogP contribution is -2.54. The zero-order valence-corrected chi connectivity index (χ0v) is 16.1. The fourth-order valence-electron chi connectivity index (χ4n) is 3.76. The number of hydrogen-bond donors (Lipinski definition) is 1. The molecule has 148 valence electrons. The maximum Gasteiger partial charge on any atom is 0.317 e. The summed E-state index contributed by atoms with van der Waals surface area (Å²) < 4.78 is 5.63. The predicted molar refractivity (Wildman–Crippen MR) is 105 cm³/mol. The van der Waals surface area contributed by atoms with Crippen LogP contribution in [0.1, 0.15) is 44.9 Å². The van der Waals surface area contributed by atoms with Gasteiger partial charge in [-0.05, 0) is 31.4 Å². The molecule has 0 aromatic heterocycles.